The molecular formula is C24H25F3N6O2S. The Bertz CT molecular complexity index is 1310. The van der Waals surface area contributed by atoms with Crippen molar-refractivity contribution in [2.45, 2.75) is 43.5 Å². The van der Waals surface area contributed by atoms with E-state index >= 15 is 0 Å². The molecule has 2 atom stereocenters. The number of halogens is 3. The topological polar surface area (TPSA) is 107 Å². The highest BCUT2D eigenvalue weighted by Crippen LogP contribution is 2.35. The summed E-state index contributed by atoms with van der Waals surface area (Å²) in [5.41, 5.74) is -1.82. The van der Waals surface area contributed by atoms with Crippen molar-refractivity contribution in [3.05, 3.63) is 47.0 Å². The van der Waals surface area contributed by atoms with Gasteiger partial charge in [-0.05, 0) is 50.1 Å². The lowest BCUT2D eigenvalue weighted by Gasteiger charge is -2.28. The zero-order valence-corrected chi connectivity index (χ0v) is 20.3. The number of rotatable bonds is 5. The number of fused-ring (bicyclic) bond motifs is 1. The van der Waals surface area contributed by atoms with Crippen molar-refractivity contribution in [1.29, 1.82) is 0 Å². The number of hydrogen-bond acceptors (Lipinski definition) is 9. The van der Waals surface area contributed by atoms with Gasteiger partial charge in [0.2, 0.25) is 0 Å². The maximum atomic E-state index is 13.1. The predicted molar refractivity (Wildman–Crippen MR) is 133 cm³/mol. The molecule has 0 bridgehead atoms. The molecular weight excluding hydrogens is 493 g/mol. The minimum atomic E-state index is -4.47. The molecule has 1 unspecified atom stereocenters. The number of nitrogens with one attached hydrogen (secondary N) is 1. The molecule has 1 aromatic carbocycles. The van der Waals surface area contributed by atoms with Crippen LogP contribution in [0.3, 0.4) is 0 Å². The van der Waals surface area contributed by atoms with Crippen LogP contribution in [0.25, 0.3) is 23.2 Å². The molecule has 2 aliphatic rings. The molecule has 12 heteroatoms. The van der Waals surface area contributed by atoms with E-state index in [-0.39, 0.29) is 5.52 Å². The van der Waals surface area contributed by atoms with Gasteiger partial charge in [-0.15, -0.1) is 11.8 Å². The Balaban J connectivity index is 1.49. The summed E-state index contributed by atoms with van der Waals surface area (Å²) < 4.78 is 39.4. The smallest absolute Gasteiger partial charge is 0.377 e. The largest absolute Gasteiger partial charge is 0.416 e. The number of anilines is 2. The van der Waals surface area contributed by atoms with Gasteiger partial charge in [-0.3, -0.25) is 0 Å². The fourth-order valence-electron chi connectivity index (χ4n) is 4.28. The quantitative estimate of drug-likeness (QED) is 0.431. The summed E-state index contributed by atoms with van der Waals surface area (Å²) in [4.78, 5) is 20.0. The molecule has 190 valence electrons. The summed E-state index contributed by atoms with van der Waals surface area (Å²) in [6.45, 7) is 3.42. The summed E-state index contributed by atoms with van der Waals surface area (Å²) in [5.74, 6) is 1.99. The van der Waals surface area contributed by atoms with Gasteiger partial charge in [-0.25, -0.2) is 19.9 Å². The third kappa shape index (κ3) is 5.11. The van der Waals surface area contributed by atoms with Crippen molar-refractivity contribution in [1.82, 2.24) is 19.9 Å². The van der Waals surface area contributed by atoms with Gasteiger partial charge in [0.05, 0.1) is 28.0 Å². The van der Waals surface area contributed by atoms with Crippen molar-refractivity contribution in [2.75, 3.05) is 29.1 Å². The molecule has 4 heterocycles. The van der Waals surface area contributed by atoms with Crippen LogP contribution >= 0.6 is 11.8 Å². The van der Waals surface area contributed by atoms with Crippen LogP contribution in [0.15, 0.2) is 24.3 Å². The van der Waals surface area contributed by atoms with Crippen LogP contribution in [0.4, 0.5) is 24.8 Å². The van der Waals surface area contributed by atoms with E-state index in [1.165, 1.54) is 17.8 Å². The molecule has 2 aliphatic heterocycles. The van der Waals surface area contributed by atoms with E-state index in [1.807, 2.05) is 0 Å². The highest BCUT2D eigenvalue weighted by molar-refractivity contribution is 8.00. The molecule has 3 aromatic rings. The summed E-state index contributed by atoms with van der Waals surface area (Å²) in [6, 6.07) is 5.03. The van der Waals surface area contributed by atoms with Crippen LogP contribution in [0.5, 0.6) is 0 Å². The van der Waals surface area contributed by atoms with E-state index in [1.54, 1.807) is 25.1 Å². The molecule has 0 radical (unpaired) electrons. The van der Waals surface area contributed by atoms with Crippen LogP contribution in [-0.4, -0.2) is 60.2 Å². The summed E-state index contributed by atoms with van der Waals surface area (Å²) >= 11 is 1.26. The van der Waals surface area contributed by atoms with Gasteiger partial charge in [-0.1, -0.05) is 0 Å². The van der Waals surface area contributed by atoms with E-state index in [9.17, 15) is 23.4 Å². The Kier molecular flexibility index (Phi) is 6.52. The Morgan fingerprint density at radius 3 is 2.56 bits per heavy atom. The van der Waals surface area contributed by atoms with Gasteiger partial charge >= 0.3 is 6.18 Å². The molecule has 8 nitrogen and oxygen atoms in total. The fraction of sp³-hybridized carbons (Fsp3) is 0.417. The SMILES string of the molecule is Cc1nc2ccc(C(F)(F)F)cc2nc1/C=C/c1nc(N[C@@]2(O)CCSC2O)cc(N2CCCC2)n1. The van der Waals surface area contributed by atoms with Gasteiger partial charge in [0.1, 0.15) is 17.1 Å². The van der Waals surface area contributed by atoms with Gasteiger partial charge in [0, 0.05) is 31.3 Å². The molecule has 2 fully saturated rings. The van der Waals surface area contributed by atoms with Crippen LogP contribution in [0.2, 0.25) is 0 Å². The number of aliphatic hydroxyl groups excluding tert-OH is 1. The Morgan fingerprint density at radius 1 is 1.08 bits per heavy atom. The monoisotopic (exact) mass is 518 g/mol. The first-order valence-corrected chi connectivity index (χ1v) is 12.6. The lowest BCUT2D eigenvalue weighted by Crippen LogP contribution is -2.44. The number of nitrogens with zero attached hydrogens (tertiary/aromatic N) is 5. The maximum absolute atomic E-state index is 13.1. The molecule has 36 heavy (non-hydrogen) atoms. The van der Waals surface area contributed by atoms with Crippen molar-refractivity contribution in [3.8, 4) is 0 Å². The molecule has 0 spiro atoms. The maximum Gasteiger partial charge on any atom is 0.416 e. The first kappa shape index (κ1) is 24.7. The van der Waals surface area contributed by atoms with Crippen LogP contribution in [-0.2, 0) is 6.18 Å². The van der Waals surface area contributed by atoms with E-state index in [2.05, 4.69) is 30.2 Å². The van der Waals surface area contributed by atoms with Crippen molar-refractivity contribution in [3.63, 3.8) is 0 Å². The van der Waals surface area contributed by atoms with Gasteiger partial charge < -0.3 is 20.4 Å². The molecule has 2 aromatic heterocycles. The number of thioether (sulfide) groups is 1. The minimum Gasteiger partial charge on any atom is -0.377 e. The highest BCUT2D eigenvalue weighted by atomic mass is 32.2. The minimum absolute atomic E-state index is 0.138. The standard InChI is InChI=1S/C24H25F3N6O2S/c1-14-16(29-18-12-15(24(25,26)27)4-5-17(18)28-14)6-7-19-30-20(32-23(35)8-11-36-22(23)34)13-21(31-19)33-9-2-3-10-33/h4-7,12-13,22,34-35H,2-3,8-11H2,1H3,(H,30,31,32)/b7-6+/t22?,23-/m1/s1. The van der Waals surface area contributed by atoms with E-state index in [0.717, 1.165) is 38.1 Å². The number of alkyl halides is 3. The van der Waals surface area contributed by atoms with Crippen LogP contribution < -0.4 is 10.2 Å². The highest BCUT2D eigenvalue weighted by Gasteiger charge is 2.41. The zero-order valence-electron chi connectivity index (χ0n) is 19.5. The second kappa shape index (κ2) is 9.49. The van der Waals surface area contributed by atoms with Crippen LogP contribution in [0.1, 0.15) is 42.0 Å². The molecule has 3 N–H and O–H groups in total. The van der Waals surface area contributed by atoms with Crippen molar-refractivity contribution < 1.29 is 23.4 Å². The Morgan fingerprint density at radius 2 is 1.86 bits per heavy atom. The molecule has 0 saturated carbocycles. The first-order chi connectivity index (χ1) is 17.1. The van der Waals surface area contributed by atoms with Crippen molar-refractivity contribution in [2.24, 2.45) is 0 Å². The van der Waals surface area contributed by atoms with E-state index in [4.69, 9.17) is 0 Å². The normalized spacial score (nSPS) is 22.7. The summed E-state index contributed by atoms with van der Waals surface area (Å²) in [7, 11) is 0. The third-order valence-electron chi connectivity index (χ3n) is 6.26. The molecule has 2 saturated heterocycles. The number of hydrogen-bond donors (Lipinski definition) is 3. The predicted octanol–water partition coefficient (Wildman–Crippen LogP) is 4.07. The molecule has 0 aliphatic carbocycles. The summed E-state index contributed by atoms with van der Waals surface area (Å²) in [5, 5.41) is 24.0. The number of aliphatic hydroxyl groups is 2. The lowest BCUT2D eigenvalue weighted by molar-refractivity contribution is -0.137. The number of aryl methyl sites for hydroxylation is 1. The van der Waals surface area contributed by atoms with Gasteiger partial charge in [0.15, 0.2) is 11.5 Å². The first-order valence-electron chi connectivity index (χ1n) is 11.6. The fourth-order valence-corrected chi connectivity index (χ4v) is 5.38. The van der Waals surface area contributed by atoms with Crippen LogP contribution in [0, 0.1) is 6.92 Å². The zero-order chi connectivity index (χ0) is 25.5. The van der Waals surface area contributed by atoms with Crippen molar-refractivity contribution >= 4 is 46.6 Å². The molecule has 5 rings (SSSR count). The van der Waals surface area contributed by atoms with Gasteiger partial charge in [-0.2, -0.15) is 13.2 Å². The van der Waals surface area contributed by atoms with E-state index < -0.39 is 22.9 Å². The lowest BCUT2D eigenvalue weighted by atomic mass is 10.1. The number of aromatic nitrogens is 4. The number of benzene rings is 1. The average Bonchev–Trinajstić information content (AvgIpc) is 3.47. The molecule has 0 amide bonds. The second-order valence-electron chi connectivity index (χ2n) is 8.91. The Hall–Kier alpha value is -2.96. The average molecular weight is 519 g/mol. The third-order valence-corrected chi connectivity index (χ3v) is 7.41. The van der Waals surface area contributed by atoms with E-state index in [0.29, 0.717) is 46.5 Å². The van der Waals surface area contributed by atoms with Gasteiger partial charge in [0.25, 0.3) is 0 Å². The second-order valence-corrected chi connectivity index (χ2v) is 10.1. The Labute approximate surface area is 209 Å². The summed E-state index contributed by atoms with van der Waals surface area (Å²) in [6.07, 6.45) is 1.21.